The molecular weight excluding hydrogens is 803 g/mol. The molecule has 328 valence electrons. The van der Waals surface area contributed by atoms with E-state index in [4.69, 9.17) is 34.2 Å². The minimum Gasteiger partial charge on any atom is -0.455 e. The lowest BCUT2D eigenvalue weighted by Gasteiger charge is -2.67. The summed E-state index contributed by atoms with van der Waals surface area (Å²) in [4.78, 5) is 84.0. The predicted molar refractivity (Wildman–Crippen MR) is 218 cm³/mol. The van der Waals surface area contributed by atoms with Gasteiger partial charge in [-0.2, -0.15) is 0 Å². The van der Waals surface area contributed by atoms with Gasteiger partial charge in [0.05, 0.1) is 41.2 Å². The van der Waals surface area contributed by atoms with E-state index in [1.807, 2.05) is 0 Å². The Morgan fingerprint density at radius 3 is 1.90 bits per heavy atom. The number of carbonyl (C=O) groups is 6. The normalized spacial score (nSPS) is 31.9. The molecule has 2 saturated carbocycles. The summed E-state index contributed by atoms with van der Waals surface area (Å²) in [7, 11) is 0. The lowest BCUT2D eigenvalue weighted by atomic mass is 9.44. The van der Waals surface area contributed by atoms with Crippen molar-refractivity contribution in [3.63, 3.8) is 0 Å². The fourth-order valence-electron chi connectivity index (χ4n) is 10.1. The third kappa shape index (κ3) is 7.29. The summed E-state index contributed by atoms with van der Waals surface area (Å²) >= 11 is 0. The summed E-state index contributed by atoms with van der Waals surface area (Å²) in [5, 5.41) is 25.8. The molecule has 3 aromatic rings. The molecule has 15 nitrogen and oxygen atoms in total. The number of carbonyl (C=O) groups excluding carboxylic acids is 6. The van der Waals surface area contributed by atoms with Gasteiger partial charge < -0.3 is 44.4 Å². The molecule has 1 unspecified atom stereocenters. The van der Waals surface area contributed by atoms with Crippen LogP contribution in [0.2, 0.25) is 0 Å². The van der Waals surface area contributed by atoms with Crippen molar-refractivity contribution in [2.75, 3.05) is 6.61 Å². The first-order valence-corrected chi connectivity index (χ1v) is 20.4. The maximum absolute atomic E-state index is 15.5. The molecule has 1 saturated heterocycles. The van der Waals surface area contributed by atoms with Gasteiger partial charge in [-0.25, -0.2) is 14.4 Å². The number of ketones is 1. The summed E-state index contributed by atoms with van der Waals surface area (Å²) in [6.07, 6.45) is -10.2. The molecule has 4 N–H and O–H groups in total. The Labute approximate surface area is 358 Å². The Balaban J connectivity index is 1.42. The van der Waals surface area contributed by atoms with Gasteiger partial charge in [-0.3, -0.25) is 14.4 Å². The monoisotopic (exact) mass is 853 g/mol. The molecule has 7 rings (SSSR count). The molecule has 0 aromatic heterocycles. The zero-order valence-corrected chi connectivity index (χ0v) is 35.3. The summed E-state index contributed by atoms with van der Waals surface area (Å²) in [6, 6.07) is 23.0. The van der Waals surface area contributed by atoms with Crippen LogP contribution in [0.25, 0.3) is 0 Å². The Morgan fingerprint density at radius 1 is 0.806 bits per heavy atom. The smallest absolute Gasteiger partial charge is 0.350 e. The van der Waals surface area contributed by atoms with Gasteiger partial charge >= 0.3 is 29.8 Å². The van der Waals surface area contributed by atoms with Crippen molar-refractivity contribution in [2.45, 2.75) is 108 Å². The fourth-order valence-corrected chi connectivity index (χ4v) is 10.1. The number of rotatable bonds is 10. The van der Waals surface area contributed by atoms with Gasteiger partial charge in [0.15, 0.2) is 17.5 Å². The first kappa shape index (κ1) is 44.3. The zero-order chi connectivity index (χ0) is 44.9. The van der Waals surface area contributed by atoms with Crippen LogP contribution in [0.3, 0.4) is 0 Å². The van der Waals surface area contributed by atoms with E-state index in [1.54, 1.807) is 87.5 Å². The number of esters is 5. The molecule has 62 heavy (non-hydrogen) atoms. The minimum atomic E-state index is -2.38. The first-order valence-electron chi connectivity index (χ1n) is 20.4. The minimum absolute atomic E-state index is 0.00981. The SMILES string of the molecule is CC(=O)O[C@H]1C(=O)[C@@]2(C)C([C@H](OC(=O)c3ccccc3)[C@]3(O)C[C@H](OC(=O)[C@H](OC(=O)c4ccccc4)[C@@H](N)c4ccccc4)C(C)=C1C3(C)C)[C@]1(OC(C)=O)CO[C@@H]1C[C@@H]2O. The molecule has 3 aliphatic carbocycles. The maximum Gasteiger partial charge on any atom is 0.350 e. The number of aliphatic hydroxyl groups excluding tert-OH is 1. The van der Waals surface area contributed by atoms with Gasteiger partial charge in [-0.15, -0.1) is 0 Å². The highest BCUT2D eigenvalue weighted by Crippen LogP contribution is 2.64. The quantitative estimate of drug-likeness (QED) is 0.148. The van der Waals surface area contributed by atoms with Gasteiger partial charge in [0.2, 0.25) is 6.10 Å². The average molecular weight is 854 g/mol. The van der Waals surface area contributed by atoms with Crippen molar-refractivity contribution < 1.29 is 67.4 Å². The Hall–Kier alpha value is -5.74. The van der Waals surface area contributed by atoms with E-state index in [9.17, 15) is 34.2 Å². The topological polar surface area (TPSA) is 224 Å². The molecule has 4 aliphatic rings. The van der Waals surface area contributed by atoms with Crippen LogP contribution < -0.4 is 5.73 Å². The average Bonchev–Trinajstić information content (AvgIpc) is 3.24. The van der Waals surface area contributed by atoms with E-state index in [0.29, 0.717) is 5.56 Å². The van der Waals surface area contributed by atoms with Crippen LogP contribution in [0.1, 0.15) is 86.7 Å². The lowest BCUT2D eigenvalue weighted by molar-refractivity contribution is -0.346. The molecule has 0 radical (unpaired) electrons. The highest BCUT2D eigenvalue weighted by Gasteiger charge is 2.78. The second kappa shape index (κ2) is 16.5. The van der Waals surface area contributed by atoms with Crippen molar-refractivity contribution >= 4 is 35.6 Å². The summed E-state index contributed by atoms with van der Waals surface area (Å²) in [5.41, 5.74) is -0.378. The van der Waals surface area contributed by atoms with Gasteiger partial charge in [0.25, 0.3) is 0 Å². The van der Waals surface area contributed by atoms with Gasteiger partial charge in [0.1, 0.15) is 23.9 Å². The number of ether oxygens (including phenoxy) is 6. The maximum atomic E-state index is 15.5. The Morgan fingerprint density at radius 2 is 1.37 bits per heavy atom. The van der Waals surface area contributed by atoms with Gasteiger partial charge in [-0.05, 0) is 54.8 Å². The van der Waals surface area contributed by atoms with Crippen LogP contribution in [0.15, 0.2) is 102 Å². The van der Waals surface area contributed by atoms with E-state index in [0.717, 1.165) is 13.8 Å². The van der Waals surface area contributed by atoms with Crippen molar-refractivity contribution in [1.29, 1.82) is 0 Å². The van der Waals surface area contributed by atoms with Crippen molar-refractivity contribution in [2.24, 2.45) is 22.5 Å². The van der Waals surface area contributed by atoms with Crippen LogP contribution in [-0.2, 0) is 47.6 Å². The van der Waals surface area contributed by atoms with Crippen LogP contribution >= 0.6 is 0 Å². The molecule has 3 fully saturated rings. The highest BCUT2D eigenvalue weighted by atomic mass is 16.6. The number of benzene rings is 3. The molecule has 2 bridgehead atoms. The highest BCUT2D eigenvalue weighted by molar-refractivity contribution is 5.96. The standard InChI is InChI=1S/C47H51NO14/c1-25-31(59-43(55)37(35(48)28-16-10-7-11-17-28)60-41(53)29-18-12-8-13-19-29)23-47(56)40(61-42(54)30-20-14-9-15-21-30)38-45(6,32(51)22-33-46(38,24-57-33)62-27(3)50)39(52)36(58-26(2)49)34(25)44(47,4)5/h7-21,31-33,35-38,40,51,56H,22-24,48H2,1-6H3/t31-,32-,33+,35-,36+,37+,38?,40-,45+,46-,47+/m0/s1. The van der Waals surface area contributed by atoms with Crippen molar-refractivity contribution in [1.82, 2.24) is 0 Å². The Bertz CT molecular complexity index is 2280. The third-order valence-corrected chi connectivity index (χ3v) is 13.4. The molecule has 1 aliphatic heterocycles. The number of nitrogens with two attached hydrogens (primary N) is 1. The zero-order valence-electron chi connectivity index (χ0n) is 35.3. The second-order valence-electron chi connectivity index (χ2n) is 17.3. The molecule has 15 heteroatoms. The number of aliphatic hydroxyl groups is 2. The summed E-state index contributed by atoms with van der Waals surface area (Å²) in [6.45, 7) is 8.04. The molecule has 1 heterocycles. The number of hydrogen-bond acceptors (Lipinski definition) is 15. The second-order valence-corrected chi connectivity index (χ2v) is 17.3. The number of fused-ring (bicyclic) bond motifs is 5. The van der Waals surface area contributed by atoms with Crippen LogP contribution in [0.5, 0.6) is 0 Å². The molecule has 0 spiro atoms. The van der Waals surface area contributed by atoms with Crippen LogP contribution in [0, 0.1) is 16.7 Å². The van der Waals surface area contributed by atoms with Crippen molar-refractivity contribution in [3.05, 3.63) is 119 Å². The molecule has 0 amide bonds. The van der Waals surface area contributed by atoms with Gasteiger partial charge in [-0.1, -0.05) is 80.6 Å². The van der Waals surface area contributed by atoms with E-state index in [1.165, 1.54) is 31.2 Å². The largest absolute Gasteiger partial charge is 0.455 e. The predicted octanol–water partition coefficient (Wildman–Crippen LogP) is 4.13. The summed E-state index contributed by atoms with van der Waals surface area (Å²) < 4.78 is 36.3. The Kier molecular flexibility index (Phi) is 11.8. The van der Waals surface area contributed by atoms with Crippen LogP contribution in [-0.4, -0.2) is 100 Å². The molecular formula is C47H51NO14. The fraction of sp³-hybridized carbons (Fsp3) is 0.447. The summed E-state index contributed by atoms with van der Waals surface area (Å²) in [5.74, 6) is -6.99. The number of hydrogen-bond donors (Lipinski definition) is 3. The lowest BCUT2D eigenvalue weighted by Crippen LogP contribution is -2.82. The van der Waals surface area contributed by atoms with Crippen molar-refractivity contribution in [3.8, 4) is 0 Å². The molecule has 3 aromatic carbocycles. The van der Waals surface area contributed by atoms with E-state index in [2.05, 4.69) is 0 Å². The first-order chi connectivity index (χ1) is 29.3. The van der Waals surface area contributed by atoms with Crippen LogP contribution in [0.4, 0.5) is 0 Å². The van der Waals surface area contributed by atoms with E-state index in [-0.39, 0.29) is 35.3 Å². The van der Waals surface area contributed by atoms with E-state index >= 15 is 4.79 Å². The third-order valence-electron chi connectivity index (χ3n) is 13.4. The van der Waals surface area contributed by atoms with E-state index < -0.39 is 113 Å². The number of Topliss-reactive ketones (excluding diaryl/α,β-unsaturated/α-hetero) is 1. The van der Waals surface area contributed by atoms with Gasteiger partial charge in [0, 0.05) is 32.1 Å². The molecule has 11 atom stereocenters.